The second-order valence-corrected chi connectivity index (χ2v) is 10.8. The van der Waals surface area contributed by atoms with Crippen LogP contribution in [0.15, 0.2) is 76.8 Å². The Morgan fingerprint density at radius 3 is 2.39 bits per heavy atom. The molecule has 3 aromatic heterocycles. The highest BCUT2D eigenvalue weighted by Crippen LogP contribution is 2.22. The van der Waals surface area contributed by atoms with E-state index in [0.717, 1.165) is 34.4 Å². The van der Waals surface area contributed by atoms with Crippen LogP contribution in [0.2, 0.25) is 0 Å². The van der Waals surface area contributed by atoms with Gasteiger partial charge in [-0.3, -0.25) is 4.79 Å². The van der Waals surface area contributed by atoms with Gasteiger partial charge >= 0.3 is 0 Å². The van der Waals surface area contributed by atoms with E-state index < -0.39 is 0 Å². The van der Waals surface area contributed by atoms with E-state index in [9.17, 15) is 4.79 Å². The van der Waals surface area contributed by atoms with Crippen molar-refractivity contribution in [3.8, 4) is 0 Å². The summed E-state index contributed by atoms with van der Waals surface area (Å²) in [5.41, 5.74) is 2.86. The number of hydrogen-bond donors (Lipinski definition) is 0. The standard InChI is InChI=1S/C28H33N5OS2/c34-27-25(17-24-18-29-22-30-19-24)20-33(28(32-27)36-21-26-31-14-16-35-26)15-10-5-3-1-2-4-7-11-23-12-8-6-9-13-23/h6,8-9,12-14,16,18-20,22H,1-5,7,10-11,15,17,21H2. The van der Waals surface area contributed by atoms with Crippen molar-refractivity contribution in [2.45, 2.75) is 75.2 Å². The number of nitrogens with zero attached hydrogens (tertiary/aromatic N) is 5. The maximum Gasteiger partial charge on any atom is 0.277 e. The van der Waals surface area contributed by atoms with E-state index >= 15 is 0 Å². The van der Waals surface area contributed by atoms with E-state index in [2.05, 4.69) is 54.8 Å². The van der Waals surface area contributed by atoms with Gasteiger partial charge in [0.15, 0.2) is 5.16 Å². The SMILES string of the molecule is O=c1nc(SCc2nccs2)n(CCCCCCCCCc2ccccc2)cc1Cc1cncnc1. The fourth-order valence-electron chi connectivity index (χ4n) is 4.15. The van der Waals surface area contributed by atoms with E-state index in [-0.39, 0.29) is 5.56 Å². The first-order chi connectivity index (χ1) is 17.8. The quantitative estimate of drug-likeness (QED) is 0.104. The van der Waals surface area contributed by atoms with Gasteiger partial charge in [0.05, 0.1) is 5.75 Å². The predicted molar refractivity (Wildman–Crippen MR) is 147 cm³/mol. The van der Waals surface area contributed by atoms with Crippen LogP contribution in [-0.2, 0) is 25.1 Å². The van der Waals surface area contributed by atoms with Crippen molar-refractivity contribution >= 4 is 23.1 Å². The van der Waals surface area contributed by atoms with Gasteiger partial charge in [-0.05, 0) is 30.4 Å². The second kappa shape index (κ2) is 14.7. The van der Waals surface area contributed by atoms with E-state index in [1.165, 1.54) is 56.8 Å². The van der Waals surface area contributed by atoms with E-state index in [1.807, 2.05) is 17.8 Å². The highest BCUT2D eigenvalue weighted by Gasteiger charge is 2.11. The zero-order valence-corrected chi connectivity index (χ0v) is 22.2. The van der Waals surface area contributed by atoms with Gasteiger partial charge in [-0.2, -0.15) is 4.98 Å². The Hall–Kier alpha value is -2.84. The summed E-state index contributed by atoms with van der Waals surface area (Å²) in [6.45, 7) is 0.861. The molecule has 0 atom stereocenters. The van der Waals surface area contributed by atoms with Crippen LogP contribution < -0.4 is 5.56 Å². The molecule has 4 aromatic rings. The van der Waals surface area contributed by atoms with Crippen LogP contribution in [0.1, 0.15) is 66.6 Å². The normalized spacial score (nSPS) is 11.1. The molecule has 0 aliphatic heterocycles. The van der Waals surface area contributed by atoms with E-state index in [0.29, 0.717) is 12.0 Å². The van der Waals surface area contributed by atoms with Gasteiger partial charge in [0.2, 0.25) is 0 Å². The summed E-state index contributed by atoms with van der Waals surface area (Å²) < 4.78 is 2.15. The molecule has 0 fully saturated rings. The van der Waals surface area contributed by atoms with Gasteiger partial charge < -0.3 is 4.57 Å². The summed E-state index contributed by atoms with van der Waals surface area (Å²) in [5, 5.41) is 3.78. The van der Waals surface area contributed by atoms with E-state index in [4.69, 9.17) is 0 Å². The van der Waals surface area contributed by atoms with Crippen LogP contribution in [0.4, 0.5) is 0 Å². The average Bonchev–Trinajstić information content (AvgIpc) is 3.43. The highest BCUT2D eigenvalue weighted by atomic mass is 32.2. The molecule has 0 spiro atoms. The number of aryl methyl sites for hydroxylation is 2. The summed E-state index contributed by atoms with van der Waals surface area (Å²) in [4.78, 5) is 29.7. The average molecular weight is 520 g/mol. The van der Waals surface area contributed by atoms with Gasteiger partial charge in [0.1, 0.15) is 11.3 Å². The van der Waals surface area contributed by atoms with Crippen LogP contribution in [-0.4, -0.2) is 24.5 Å². The Balaban J connectivity index is 1.26. The van der Waals surface area contributed by atoms with Crippen molar-refractivity contribution in [1.82, 2.24) is 24.5 Å². The van der Waals surface area contributed by atoms with Crippen LogP contribution in [0.3, 0.4) is 0 Å². The molecular formula is C28H33N5OS2. The molecule has 6 nitrogen and oxygen atoms in total. The second-order valence-electron chi connectivity index (χ2n) is 8.90. The van der Waals surface area contributed by atoms with Crippen molar-refractivity contribution in [1.29, 1.82) is 0 Å². The van der Waals surface area contributed by atoms with Gasteiger partial charge in [0, 0.05) is 48.7 Å². The van der Waals surface area contributed by atoms with Gasteiger partial charge in [-0.1, -0.05) is 74.2 Å². The molecule has 0 radical (unpaired) electrons. The molecule has 0 saturated carbocycles. The maximum atomic E-state index is 12.8. The lowest BCUT2D eigenvalue weighted by Gasteiger charge is -2.13. The molecule has 1 aromatic carbocycles. The number of hydrogen-bond acceptors (Lipinski definition) is 7. The number of thiazole rings is 1. The third kappa shape index (κ3) is 8.68. The third-order valence-electron chi connectivity index (χ3n) is 6.05. The maximum absolute atomic E-state index is 12.8. The zero-order chi connectivity index (χ0) is 24.8. The molecule has 0 unspecified atom stereocenters. The molecule has 3 heterocycles. The molecule has 36 heavy (non-hydrogen) atoms. The van der Waals surface area contributed by atoms with Gasteiger partial charge in [0.25, 0.3) is 5.56 Å². The van der Waals surface area contributed by atoms with Crippen molar-refractivity contribution in [3.63, 3.8) is 0 Å². The van der Waals surface area contributed by atoms with Gasteiger partial charge in [-0.25, -0.2) is 15.0 Å². The van der Waals surface area contributed by atoms with Crippen LogP contribution >= 0.6 is 23.1 Å². The minimum Gasteiger partial charge on any atom is -0.327 e. The van der Waals surface area contributed by atoms with Crippen molar-refractivity contribution < 1.29 is 0 Å². The summed E-state index contributed by atoms with van der Waals surface area (Å²) in [5.74, 6) is 0.721. The largest absolute Gasteiger partial charge is 0.327 e. The Morgan fingerprint density at radius 2 is 1.64 bits per heavy atom. The predicted octanol–water partition coefficient (Wildman–Crippen LogP) is 6.35. The Morgan fingerprint density at radius 1 is 0.889 bits per heavy atom. The fourth-order valence-corrected chi connectivity index (χ4v) is 5.78. The van der Waals surface area contributed by atoms with Crippen molar-refractivity contribution in [3.05, 3.63) is 98.9 Å². The molecule has 8 heteroatoms. The molecule has 0 amide bonds. The summed E-state index contributed by atoms with van der Waals surface area (Å²) in [7, 11) is 0. The first-order valence-corrected chi connectivity index (χ1v) is 14.5. The first-order valence-electron chi connectivity index (χ1n) is 12.7. The minimum absolute atomic E-state index is 0.174. The Labute approximate surface area is 221 Å². The van der Waals surface area contributed by atoms with Crippen LogP contribution in [0, 0.1) is 0 Å². The minimum atomic E-state index is -0.174. The van der Waals surface area contributed by atoms with Crippen molar-refractivity contribution in [2.24, 2.45) is 0 Å². The molecule has 0 aliphatic rings. The molecule has 188 valence electrons. The molecule has 4 rings (SSSR count). The number of unbranched alkanes of at least 4 members (excludes halogenated alkanes) is 6. The summed E-state index contributed by atoms with van der Waals surface area (Å²) in [6.07, 6.45) is 19.1. The monoisotopic (exact) mass is 519 g/mol. The van der Waals surface area contributed by atoms with Crippen LogP contribution in [0.5, 0.6) is 0 Å². The highest BCUT2D eigenvalue weighted by molar-refractivity contribution is 7.98. The number of rotatable bonds is 15. The lowest BCUT2D eigenvalue weighted by atomic mass is 10.0. The van der Waals surface area contributed by atoms with Crippen molar-refractivity contribution in [2.75, 3.05) is 0 Å². The summed E-state index contributed by atoms with van der Waals surface area (Å²) in [6, 6.07) is 10.8. The summed E-state index contributed by atoms with van der Waals surface area (Å²) >= 11 is 3.21. The smallest absolute Gasteiger partial charge is 0.277 e. The third-order valence-corrected chi connectivity index (χ3v) is 8.02. The molecule has 0 bridgehead atoms. The molecule has 0 saturated heterocycles. The topological polar surface area (TPSA) is 73.6 Å². The number of benzene rings is 1. The van der Waals surface area contributed by atoms with Gasteiger partial charge in [-0.15, -0.1) is 11.3 Å². The lowest BCUT2D eigenvalue weighted by Crippen LogP contribution is -2.20. The number of aromatic nitrogens is 5. The lowest BCUT2D eigenvalue weighted by molar-refractivity contribution is 0.515. The zero-order valence-electron chi connectivity index (χ0n) is 20.6. The Bertz CT molecular complexity index is 1210. The molecule has 0 N–H and O–H groups in total. The number of thioether (sulfide) groups is 1. The fraction of sp³-hybridized carbons (Fsp3) is 0.393. The molecular weight excluding hydrogens is 486 g/mol. The molecule has 0 aliphatic carbocycles. The Kier molecular flexibility index (Phi) is 10.7. The van der Waals surface area contributed by atoms with E-state index in [1.54, 1.807) is 35.5 Å². The first kappa shape index (κ1) is 26.2. The van der Waals surface area contributed by atoms with Crippen LogP contribution in [0.25, 0.3) is 0 Å².